The highest BCUT2D eigenvalue weighted by atomic mass is 16.5. The van der Waals surface area contributed by atoms with Crippen molar-refractivity contribution in [2.75, 3.05) is 25.1 Å². The Kier molecular flexibility index (Phi) is 4.66. The Morgan fingerprint density at radius 3 is 2.79 bits per heavy atom. The van der Waals surface area contributed by atoms with Crippen LogP contribution in [0.5, 0.6) is 5.75 Å². The molecule has 1 aliphatic heterocycles. The summed E-state index contributed by atoms with van der Waals surface area (Å²) in [5.41, 5.74) is 2.45. The number of piperidine rings is 1. The number of methoxy groups -OCH3 is 1. The molecule has 3 rings (SSSR count). The van der Waals surface area contributed by atoms with Gasteiger partial charge in [0, 0.05) is 42.3 Å². The molecule has 1 saturated heterocycles. The van der Waals surface area contributed by atoms with Crippen LogP contribution in [0.15, 0.2) is 24.4 Å². The molecule has 1 aromatic heterocycles. The van der Waals surface area contributed by atoms with Gasteiger partial charge < -0.3 is 9.64 Å². The van der Waals surface area contributed by atoms with Crippen molar-refractivity contribution in [1.82, 2.24) is 4.98 Å². The number of carbonyl (C=O) groups is 1. The first-order valence-electron chi connectivity index (χ1n) is 8.24. The molecule has 0 bridgehead atoms. The number of rotatable bonds is 4. The number of hydrogen-bond donors (Lipinski definition) is 0. The van der Waals surface area contributed by atoms with Gasteiger partial charge in [0.2, 0.25) is 0 Å². The number of hydrogen-bond acceptors (Lipinski definition) is 5. The molecule has 124 valence electrons. The number of aromatic nitrogens is 1. The quantitative estimate of drug-likeness (QED) is 0.806. The Hall–Kier alpha value is -2.61. The molecule has 1 unspecified atom stereocenters. The van der Waals surface area contributed by atoms with Crippen LogP contribution in [-0.4, -0.2) is 31.5 Å². The number of fused-ring (bicyclic) bond motifs is 1. The average Bonchev–Trinajstić information content (AvgIpc) is 2.65. The molecule has 0 amide bonds. The lowest BCUT2D eigenvalue weighted by Crippen LogP contribution is -2.35. The summed E-state index contributed by atoms with van der Waals surface area (Å²) in [4.78, 5) is 18.1. The van der Waals surface area contributed by atoms with Gasteiger partial charge in [-0.25, -0.2) is 0 Å². The van der Waals surface area contributed by atoms with Crippen LogP contribution in [0.4, 0.5) is 5.69 Å². The number of nitriles is 1. The lowest BCUT2D eigenvalue weighted by Gasteiger charge is -2.35. The number of carbonyl (C=O) groups excluding carboxylic acids is 1. The predicted molar refractivity (Wildman–Crippen MR) is 93.4 cm³/mol. The topological polar surface area (TPSA) is 66.2 Å². The molecule has 2 heterocycles. The fourth-order valence-electron chi connectivity index (χ4n) is 3.47. The van der Waals surface area contributed by atoms with Gasteiger partial charge in [0.05, 0.1) is 24.3 Å². The van der Waals surface area contributed by atoms with Gasteiger partial charge in [-0.2, -0.15) is 5.26 Å². The van der Waals surface area contributed by atoms with Gasteiger partial charge >= 0.3 is 0 Å². The summed E-state index contributed by atoms with van der Waals surface area (Å²) in [7, 11) is 1.55. The SMILES string of the molecule is COc1cc2nccc(N3CCC(C(C)C#N)CC3)c2cc1C=O. The molecular weight excluding hydrogens is 302 g/mol. The van der Waals surface area contributed by atoms with E-state index in [0.29, 0.717) is 17.2 Å². The van der Waals surface area contributed by atoms with Crippen LogP contribution in [0.2, 0.25) is 0 Å². The molecule has 1 aromatic carbocycles. The molecule has 0 spiro atoms. The number of ether oxygens (including phenoxy) is 1. The third-order valence-corrected chi connectivity index (χ3v) is 4.99. The van der Waals surface area contributed by atoms with Gasteiger partial charge in [0.1, 0.15) is 5.75 Å². The molecule has 2 aromatic rings. The summed E-state index contributed by atoms with van der Waals surface area (Å²) in [6, 6.07) is 8.03. The van der Waals surface area contributed by atoms with Crippen molar-refractivity contribution in [3.05, 3.63) is 30.0 Å². The van der Waals surface area contributed by atoms with E-state index in [1.165, 1.54) is 0 Å². The predicted octanol–water partition coefficient (Wildman–Crippen LogP) is 3.43. The summed E-state index contributed by atoms with van der Waals surface area (Å²) in [5, 5.41) is 10.1. The van der Waals surface area contributed by atoms with Gasteiger partial charge in [0.25, 0.3) is 0 Å². The van der Waals surface area contributed by atoms with E-state index < -0.39 is 0 Å². The van der Waals surface area contributed by atoms with Crippen LogP contribution in [0.3, 0.4) is 0 Å². The molecule has 5 heteroatoms. The van der Waals surface area contributed by atoms with Crippen LogP contribution in [-0.2, 0) is 0 Å². The van der Waals surface area contributed by atoms with E-state index in [0.717, 1.165) is 48.8 Å². The zero-order valence-electron chi connectivity index (χ0n) is 14.0. The van der Waals surface area contributed by atoms with Crippen LogP contribution in [0.1, 0.15) is 30.1 Å². The number of aldehydes is 1. The van der Waals surface area contributed by atoms with Crippen molar-refractivity contribution < 1.29 is 9.53 Å². The molecular formula is C19H21N3O2. The van der Waals surface area contributed by atoms with Crippen LogP contribution < -0.4 is 9.64 Å². The van der Waals surface area contributed by atoms with Crippen molar-refractivity contribution in [2.45, 2.75) is 19.8 Å². The fourth-order valence-corrected chi connectivity index (χ4v) is 3.47. The number of nitrogens with zero attached hydrogens (tertiary/aromatic N) is 3. The summed E-state index contributed by atoms with van der Waals surface area (Å²) in [6.07, 6.45) is 4.63. The number of pyridine rings is 1. The van der Waals surface area contributed by atoms with Gasteiger partial charge in [-0.1, -0.05) is 0 Å². The van der Waals surface area contributed by atoms with Crippen molar-refractivity contribution in [3.63, 3.8) is 0 Å². The van der Waals surface area contributed by atoms with Crippen LogP contribution in [0, 0.1) is 23.2 Å². The van der Waals surface area contributed by atoms with Gasteiger partial charge in [0.15, 0.2) is 6.29 Å². The minimum absolute atomic E-state index is 0.104. The lowest BCUT2D eigenvalue weighted by molar-refractivity contribution is 0.112. The fraction of sp³-hybridized carbons (Fsp3) is 0.421. The van der Waals surface area contributed by atoms with Crippen molar-refractivity contribution in [2.24, 2.45) is 11.8 Å². The Morgan fingerprint density at radius 1 is 1.42 bits per heavy atom. The first kappa shape index (κ1) is 16.3. The maximum absolute atomic E-state index is 11.3. The standard InChI is InChI=1S/C19H21N3O2/c1-13(11-20)14-4-7-22(8-5-14)18-3-6-21-17-10-19(24-2)15(12-23)9-16(17)18/h3,6,9-10,12-14H,4-5,7-8H2,1-2H3. The molecule has 0 saturated carbocycles. The Morgan fingerprint density at radius 2 is 2.17 bits per heavy atom. The van der Waals surface area contributed by atoms with E-state index >= 15 is 0 Å². The zero-order chi connectivity index (χ0) is 17.1. The summed E-state index contributed by atoms with van der Waals surface area (Å²) in [6.45, 7) is 3.83. The molecule has 0 N–H and O–H groups in total. The molecule has 1 atom stereocenters. The molecule has 5 nitrogen and oxygen atoms in total. The third-order valence-electron chi connectivity index (χ3n) is 4.99. The Balaban J connectivity index is 1.93. The van der Waals surface area contributed by atoms with Gasteiger partial charge in [-0.3, -0.25) is 9.78 Å². The highest BCUT2D eigenvalue weighted by Gasteiger charge is 2.25. The highest BCUT2D eigenvalue weighted by molar-refractivity contribution is 5.97. The largest absolute Gasteiger partial charge is 0.496 e. The first-order valence-corrected chi connectivity index (χ1v) is 8.24. The minimum Gasteiger partial charge on any atom is -0.496 e. The van der Waals surface area contributed by atoms with E-state index in [9.17, 15) is 4.79 Å². The van der Waals surface area contributed by atoms with E-state index in [-0.39, 0.29) is 5.92 Å². The van der Waals surface area contributed by atoms with Crippen molar-refractivity contribution >= 4 is 22.9 Å². The smallest absolute Gasteiger partial charge is 0.153 e. The average molecular weight is 323 g/mol. The summed E-state index contributed by atoms with van der Waals surface area (Å²) < 4.78 is 5.27. The maximum atomic E-state index is 11.3. The second-order valence-corrected chi connectivity index (χ2v) is 6.30. The number of benzene rings is 1. The molecule has 1 fully saturated rings. The van der Waals surface area contributed by atoms with Gasteiger partial charge in [-0.05, 0) is 37.8 Å². The summed E-state index contributed by atoms with van der Waals surface area (Å²) >= 11 is 0. The van der Waals surface area contributed by atoms with Crippen molar-refractivity contribution in [1.29, 1.82) is 5.26 Å². The molecule has 1 aliphatic rings. The third kappa shape index (κ3) is 2.92. The van der Waals surface area contributed by atoms with Gasteiger partial charge in [-0.15, -0.1) is 0 Å². The van der Waals surface area contributed by atoms with E-state index in [1.807, 2.05) is 25.1 Å². The Bertz CT molecular complexity index is 789. The molecule has 24 heavy (non-hydrogen) atoms. The first-order chi connectivity index (χ1) is 11.7. The highest BCUT2D eigenvalue weighted by Crippen LogP contribution is 2.34. The van der Waals surface area contributed by atoms with Crippen LogP contribution >= 0.6 is 0 Å². The molecule has 0 radical (unpaired) electrons. The second kappa shape index (κ2) is 6.88. The van der Waals surface area contributed by atoms with Crippen molar-refractivity contribution in [3.8, 4) is 11.8 Å². The van der Waals surface area contributed by atoms with E-state index in [2.05, 4.69) is 16.0 Å². The lowest BCUT2D eigenvalue weighted by atomic mass is 9.86. The van der Waals surface area contributed by atoms with Crippen LogP contribution in [0.25, 0.3) is 10.9 Å². The maximum Gasteiger partial charge on any atom is 0.153 e. The second-order valence-electron chi connectivity index (χ2n) is 6.30. The minimum atomic E-state index is 0.104. The van der Waals surface area contributed by atoms with E-state index in [1.54, 1.807) is 13.3 Å². The van der Waals surface area contributed by atoms with E-state index in [4.69, 9.17) is 10.00 Å². The summed E-state index contributed by atoms with van der Waals surface area (Å²) in [5.74, 6) is 1.11. The normalized spacial score (nSPS) is 16.6. The number of anilines is 1. The monoisotopic (exact) mass is 323 g/mol. The molecule has 0 aliphatic carbocycles. The Labute approximate surface area is 141 Å². The zero-order valence-corrected chi connectivity index (χ0v) is 14.0.